The molecule has 0 aliphatic rings. The molecule has 1 unspecified atom stereocenters. The van der Waals surface area contributed by atoms with E-state index in [0.717, 1.165) is 18.1 Å². The van der Waals surface area contributed by atoms with Crippen molar-refractivity contribution < 1.29 is 9.47 Å². The summed E-state index contributed by atoms with van der Waals surface area (Å²) >= 11 is 0. The summed E-state index contributed by atoms with van der Waals surface area (Å²) in [5.74, 6) is 0. The van der Waals surface area contributed by atoms with E-state index in [2.05, 4.69) is 11.9 Å². The second kappa shape index (κ2) is 9.76. The molecule has 0 bridgehead atoms. The Bertz CT molecular complexity index is 285. The van der Waals surface area contributed by atoms with Crippen LogP contribution in [0.5, 0.6) is 0 Å². The summed E-state index contributed by atoms with van der Waals surface area (Å²) in [5, 5.41) is 1.62. The standard InChI is InChI=1S/C12H19NO2S2/c1-11(6-8-15-10-9-14-2)16-17-12-5-3-4-7-13-12/h3-5,7,11H,6,8-10H2,1-2H3. The summed E-state index contributed by atoms with van der Waals surface area (Å²) < 4.78 is 10.3. The van der Waals surface area contributed by atoms with Crippen LogP contribution >= 0.6 is 21.6 Å². The fourth-order valence-corrected chi connectivity index (χ4v) is 3.14. The molecule has 1 aromatic heterocycles. The minimum absolute atomic E-state index is 0.560. The number of hydrogen-bond donors (Lipinski definition) is 0. The molecule has 0 amide bonds. The Morgan fingerprint density at radius 1 is 1.29 bits per heavy atom. The highest BCUT2D eigenvalue weighted by atomic mass is 33.1. The van der Waals surface area contributed by atoms with E-state index < -0.39 is 0 Å². The number of hydrogen-bond acceptors (Lipinski definition) is 5. The lowest BCUT2D eigenvalue weighted by Crippen LogP contribution is -2.06. The van der Waals surface area contributed by atoms with E-state index in [0.29, 0.717) is 18.5 Å². The van der Waals surface area contributed by atoms with Crippen LogP contribution in [-0.4, -0.2) is 37.2 Å². The van der Waals surface area contributed by atoms with Gasteiger partial charge in [-0.25, -0.2) is 4.98 Å². The van der Waals surface area contributed by atoms with Crippen LogP contribution in [0.3, 0.4) is 0 Å². The van der Waals surface area contributed by atoms with Crippen molar-refractivity contribution in [2.75, 3.05) is 26.9 Å². The van der Waals surface area contributed by atoms with Gasteiger partial charge in [0.05, 0.1) is 13.2 Å². The zero-order valence-corrected chi connectivity index (χ0v) is 11.9. The molecular formula is C12H19NO2S2. The van der Waals surface area contributed by atoms with Crippen molar-refractivity contribution in [1.29, 1.82) is 0 Å². The fraction of sp³-hybridized carbons (Fsp3) is 0.583. The smallest absolute Gasteiger partial charge is 0.106 e. The first-order chi connectivity index (χ1) is 8.33. The predicted molar refractivity (Wildman–Crippen MR) is 74.5 cm³/mol. The molecule has 1 rings (SSSR count). The minimum Gasteiger partial charge on any atom is -0.382 e. The van der Waals surface area contributed by atoms with Crippen molar-refractivity contribution in [2.45, 2.75) is 23.6 Å². The molecule has 96 valence electrons. The third-order valence-electron chi connectivity index (χ3n) is 2.04. The van der Waals surface area contributed by atoms with Gasteiger partial charge in [0, 0.05) is 25.2 Å². The van der Waals surface area contributed by atoms with Gasteiger partial charge in [-0.05, 0) is 29.3 Å². The topological polar surface area (TPSA) is 31.4 Å². The van der Waals surface area contributed by atoms with Gasteiger partial charge in [0.1, 0.15) is 5.03 Å². The van der Waals surface area contributed by atoms with Gasteiger partial charge in [-0.15, -0.1) is 0 Å². The Morgan fingerprint density at radius 3 is 2.88 bits per heavy atom. The summed E-state index contributed by atoms with van der Waals surface area (Å²) in [7, 11) is 5.24. The number of methoxy groups -OCH3 is 1. The molecule has 0 N–H and O–H groups in total. The molecule has 1 atom stereocenters. The van der Waals surface area contributed by atoms with Crippen molar-refractivity contribution in [2.24, 2.45) is 0 Å². The Balaban J connectivity index is 2.03. The van der Waals surface area contributed by atoms with Gasteiger partial charge in [-0.1, -0.05) is 23.8 Å². The lowest BCUT2D eigenvalue weighted by atomic mass is 10.3. The van der Waals surface area contributed by atoms with E-state index in [1.807, 2.05) is 35.2 Å². The second-order valence-corrected chi connectivity index (χ2v) is 6.21. The Kier molecular flexibility index (Phi) is 8.52. The summed E-state index contributed by atoms with van der Waals surface area (Å²) in [6, 6.07) is 5.97. The highest BCUT2D eigenvalue weighted by Gasteiger charge is 2.04. The summed E-state index contributed by atoms with van der Waals surface area (Å²) in [4.78, 5) is 4.27. The van der Waals surface area contributed by atoms with Crippen molar-refractivity contribution >= 4 is 21.6 Å². The van der Waals surface area contributed by atoms with Gasteiger partial charge in [-0.3, -0.25) is 0 Å². The molecule has 0 radical (unpaired) electrons. The molecule has 0 aliphatic carbocycles. The van der Waals surface area contributed by atoms with Crippen LogP contribution in [0, 0.1) is 0 Å². The van der Waals surface area contributed by atoms with E-state index in [4.69, 9.17) is 9.47 Å². The predicted octanol–water partition coefficient (Wildman–Crippen LogP) is 3.26. The third kappa shape index (κ3) is 7.65. The number of rotatable bonds is 9. The molecule has 1 heterocycles. The molecule has 5 heteroatoms. The number of ether oxygens (including phenoxy) is 2. The molecule has 0 aromatic carbocycles. The van der Waals surface area contributed by atoms with Crippen LogP contribution in [0.4, 0.5) is 0 Å². The zero-order chi connectivity index (χ0) is 12.3. The molecule has 17 heavy (non-hydrogen) atoms. The van der Waals surface area contributed by atoms with E-state index in [1.54, 1.807) is 17.9 Å². The van der Waals surface area contributed by atoms with Gasteiger partial charge in [0.15, 0.2) is 0 Å². The number of pyridine rings is 1. The van der Waals surface area contributed by atoms with Crippen LogP contribution in [0.2, 0.25) is 0 Å². The van der Waals surface area contributed by atoms with Crippen LogP contribution in [-0.2, 0) is 9.47 Å². The normalized spacial score (nSPS) is 12.6. The number of aromatic nitrogens is 1. The maximum atomic E-state index is 5.43. The van der Waals surface area contributed by atoms with Crippen molar-refractivity contribution in [3.8, 4) is 0 Å². The van der Waals surface area contributed by atoms with Crippen molar-refractivity contribution in [1.82, 2.24) is 4.98 Å². The zero-order valence-electron chi connectivity index (χ0n) is 10.3. The number of nitrogens with zero attached hydrogens (tertiary/aromatic N) is 1. The van der Waals surface area contributed by atoms with Crippen molar-refractivity contribution in [3.05, 3.63) is 24.4 Å². The Morgan fingerprint density at radius 2 is 2.18 bits per heavy atom. The first-order valence-corrected chi connectivity index (χ1v) is 7.85. The first-order valence-electron chi connectivity index (χ1n) is 5.64. The average Bonchev–Trinajstić information content (AvgIpc) is 2.37. The van der Waals surface area contributed by atoms with E-state index in [9.17, 15) is 0 Å². The second-order valence-electron chi connectivity index (χ2n) is 3.55. The summed E-state index contributed by atoms with van der Waals surface area (Å²) in [5.41, 5.74) is 0. The minimum atomic E-state index is 0.560. The molecule has 0 fully saturated rings. The molecule has 0 saturated heterocycles. The molecule has 1 aromatic rings. The molecular weight excluding hydrogens is 254 g/mol. The third-order valence-corrected chi connectivity index (χ3v) is 4.90. The van der Waals surface area contributed by atoms with Gasteiger partial charge >= 0.3 is 0 Å². The molecule has 0 aliphatic heterocycles. The van der Waals surface area contributed by atoms with E-state index in [1.165, 1.54) is 0 Å². The lowest BCUT2D eigenvalue weighted by molar-refractivity contribution is 0.0697. The van der Waals surface area contributed by atoms with Crippen LogP contribution < -0.4 is 0 Å². The first kappa shape index (κ1) is 14.8. The van der Waals surface area contributed by atoms with Crippen LogP contribution in [0.15, 0.2) is 29.4 Å². The van der Waals surface area contributed by atoms with Gasteiger partial charge in [0.25, 0.3) is 0 Å². The summed E-state index contributed by atoms with van der Waals surface area (Å²) in [6.07, 6.45) is 2.87. The molecule has 0 saturated carbocycles. The van der Waals surface area contributed by atoms with Crippen LogP contribution in [0.1, 0.15) is 13.3 Å². The fourth-order valence-electron chi connectivity index (χ4n) is 1.07. The van der Waals surface area contributed by atoms with Crippen LogP contribution in [0.25, 0.3) is 0 Å². The molecule has 3 nitrogen and oxygen atoms in total. The average molecular weight is 273 g/mol. The van der Waals surface area contributed by atoms with Gasteiger partial charge in [0.2, 0.25) is 0 Å². The highest BCUT2D eigenvalue weighted by molar-refractivity contribution is 8.76. The highest BCUT2D eigenvalue weighted by Crippen LogP contribution is 2.33. The maximum Gasteiger partial charge on any atom is 0.106 e. The molecule has 0 spiro atoms. The Hall–Kier alpha value is -0.230. The largest absolute Gasteiger partial charge is 0.382 e. The lowest BCUT2D eigenvalue weighted by Gasteiger charge is -2.10. The maximum absolute atomic E-state index is 5.43. The monoisotopic (exact) mass is 273 g/mol. The van der Waals surface area contributed by atoms with Gasteiger partial charge in [-0.2, -0.15) is 0 Å². The summed E-state index contributed by atoms with van der Waals surface area (Å²) in [6.45, 7) is 4.35. The quantitative estimate of drug-likeness (QED) is 0.509. The Labute approximate surface area is 111 Å². The van der Waals surface area contributed by atoms with E-state index >= 15 is 0 Å². The van der Waals surface area contributed by atoms with Gasteiger partial charge < -0.3 is 9.47 Å². The van der Waals surface area contributed by atoms with E-state index in [-0.39, 0.29) is 0 Å². The van der Waals surface area contributed by atoms with Crippen molar-refractivity contribution in [3.63, 3.8) is 0 Å². The SMILES string of the molecule is COCCOCCC(C)SSc1ccccn1.